The lowest BCUT2D eigenvalue weighted by atomic mass is 10.1. The lowest BCUT2D eigenvalue weighted by molar-refractivity contribution is 0.413. The molecule has 0 saturated carbocycles. The van der Waals surface area contributed by atoms with E-state index >= 15 is 0 Å². The number of aromatic nitrogens is 1. The molecule has 0 bridgehead atoms. The Labute approximate surface area is 125 Å². The van der Waals surface area contributed by atoms with Gasteiger partial charge in [-0.15, -0.1) is 0 Å². The summed E-state index contributed by atoms with van der Waals surface area (Å²) in [7, 11) is -2.03. The predicted octanol–water partition coefficient (Wildman–Crippen LogP) is 2.19. The summed E-state index contributed by atoms with van der Waals surface area (Å²) in [6.07, 6.45) is 1.63. The molecule has 1 heterocycles. The number of hydrogen-bond donors (Lipinski definition) is 1. The van der Waals surface area contributed by atoms with Gasteiger partial charge in [-0.05, 0) is 49.2 Å². The molecule has 0 aliphatic heterocycles. The van der Waals surface area contributed by atoms with Crippen LogP contribution in [-0.4, -0.2) is 20.5 Å². The van der Waals surface area contributed by atoms with E-state index in [0.29, 0.717) is 27.5 Å². The average molecular weight is 306 g/mol. The summed E-state index contributed by atoms with van der Waals surface area (Å²) in [5, 5.41) is 0. The smallest absolute Gasteiger partial charge is 0.241 e. The molecule has 5 nitrogen and oxygen atoms in total. The topological polar surface area (TPSA) is 68.3 Å². The summed E-state index contributed by atoms with van der Waals surface area (Å²) >= 11 is 0. The molecule has 0 amide bonds. The van der Waals surface area contributed by atoms with Crippen molar-refractivity contribution >= 4 is 10.0 Å². The van der Waals surface area contributed by atoms with Crippen molar-refractivity contribution in [2.75, 3.05) is 7.11 Å². The first-order valence-corrected chi connectivity index (χ1v) is 7.97. The van der Waals surface area contributed by atoms with Crippen LogP contribution in [0.2, 0.25) is 0 Å². The Hall–Kier alpha value is -1.92. The minimum atomic E-state index is -3.59. The molecule has 0 spiro atoms. The number of rotatable bonds is 5. The van der Waals surface area contributed by atoms with Gasteiger partial charge in [0.05, 0.1) is 24.2 Å². The minimum Gasteiger partial charge on any atom is -0.497 e. The standard InChI is InChI=1S/C15H18N2O3S/c1-11-8-14(20-3)9-12(2)15(11)21(18,19)17-10-13-6-4-5-7-16-13/h4-9,17H,10H2,1-3H3. The van der Waals surface area contributed by atoms with Crippen LogP contribution in [-0.2, 0) is 16.6 Å². The Kier molecular flexibility index (Phi) is 4.59. The first-order valence-electron chi connectivity index (χ1n) is 6.49. The molecular weight excluding hydrogens is 288 g/mol. The molecule has 0 saturated heterocycles. The normalized spacial score (nSPS) is 11.4. The van der Waals surface area contributed by atoms with E-state index in [4.69, 9.17) is 4.74 Å². The molecule has 2 rings (SSSR count). The molecule has 1 aromatic carbocycles. The molecule has 0 atom stereocenters. The molecular formula is C15H18N2O3S. The fourth-order valence-corrected chi connectivity index (χ4v) is 3.64. The van der Waals surface area contributed by atoms with Crippen LogP contribution in [0.4, 0.5) is 0 Å². The Balaban J connectivity index is 2.28. The molecule has 112 valence electrons. The Morgan fingerprint density at radius 1 is 1.19 bits per heavy atom. The van der Waals surface area contributed by atoms with Crippen LogP contribution in [0, 0.1) is 13.8 Å². The third kappa shape index (κ3) is 3.59. The van der Waals surface area contributed by atoms with Crippen molar-refractivity contribution < 1.29 is 13.2 Å². The number of sulfonamides is 1. The van der Waals surface area contributed by atoms with Crippen LogP contribution in [0.15, 0.2) is 41.4 Å². The molecule has 6 heteroatoms. The van der Waals surface area contributed by atoms with Crippen molar-refractivity contribution in [3.05, 3.63) is 53.3 Å². The molecule has 0 fully saturated rings. The van der Waals surface area contributed by atoms with Gasteiger partial charge in [-0.1, -0.05) is 6.07 Å². The van der Waals surface area contributed by atoms with Crippen LogP contribution in [0.1, 0.15) is 16.8 Å². The average Bonchev–Trinajstić information content (AvgIpc) is 2.45. The first kappa shape index (κ1) is 15.5. The molecule has 2 aromatic rings. The number of methoxy groups -OCH3 is 1. The first-order chi connectivity index (χ1) is 9.94. The van der Waals surface area contributed by atoms with Gasteiger partial charge in [-0.2, -0.15) is 0 Å². The van der Waals surface area contributed by atoms with Gasteiger partial charge in [0.2, 0.25) is 10.0 Å². The lowest BCUT2D eigenvalue weighted by Gasteiger charge is -2.13. The van der Waals surface area contributed by atoms with Gasteiger partial charge < -0.3 is 4.74 Å². The predicted molar refractivity (Wildman–Crippen MR) is 80.7 cm³/mol. The van der Waals surface area contributed by atoms with Crippen LogP contribution in [0.5, 0.6) is 5.75 Å². The van der Waals surface area contributed by atoms with Gasteiger partial charge in [-0.25, -0.2) is 13.1 Å². The Bertz CT molecular complexity index is 705. The second-order valence-electron chi connectivity index (χ2n) is 4.74. The number of hydrogen-bond acceptors (Lipinski definition) is 4. The van der Waals surface area contributed by atoms with E-state index in [1.807, 2.05) is 6.07 Å². The second kappa shape index (κ2) is 6.24. The molecule has 1 N–H and O–H groups in total. The lowest BCUT2D eigenvalue weighted by Crippen LogP contribution is -2.25. The van der Waals surface area contributed by atoms with Gasteiger partial charge in [0.15, 0.2) is 0 Å². The second-order valence-corrected chi connectivity index (χ2v) is 6.44. The highest BCUT2D eigenvalue weighted by atomic mass is 32.2. The maximum absolute atomic E-state index is 12.5. The zero-order valence-electron chi connectivity index (χ0n) is 12.3. The minimum absolute atomic E-state index is 0.161. The van der Waals surface area contributed by atoms with Crippen molar-refractivity contribution in [1.82, 2.24) is 9.71 Å². The van der Waals surface area contributed by atoms with Crippen LogP contribution >= 0.6 is 0 Å². The number of benzene rings is 1. The summed E-state index contributed by atoms with van der Waals surface area (Å²) < 4.78 is 32.7. The van der Waals surface area contributed by atoms with Gasteiger partial charge >= 0.3 is 0 Å². The van der Waals surface area contributed by atoms with Crippen molar-refractivity contribution in [1.29, 1.82) is 0 Å². The highest BCUT2D eigenvalue weighted by Gasteiger charge is 2.20. The number of nitrogens with one attached hydrogen (secondary N) is 1. The van der Waals surface area contributed by atoms with Gasteiger partial charge in [-0.3, -0.25) is 4.98 Å². The SMILES string of the molecule is COc1cc(C)c(S(=O)(=O)NCc2ccccn2)c(C)c1. The van der Waals surface area contributed by atoms with E-state index in [2.05, 4.69) is 9.71 Å². The fourth-order valence-electron chi connectivity index (χ4n) is 2.20. The quantitative estimate of drug-likeness (QED) is 0.919. The Morgan fingerprint density at radius 2 is 1.86 bits per heavy atom. The fraction of sp³-hybridized carbons (Fsp3) is 0.267. The molecule has 0 aliphatic rings. The largest absolute Gasteiger partial charge is 0.497 e. The summed E-state index contributed by atoms with van der Waals surface area (Å²) in [5.74, 6) is 0.647. The van der Waals surface area contributed by atoms with E-state index in [1.54, 1.807) is 51.4 Å². The zero-order valence-corrected chi connectivity index (χ0v) is 13.1. The van der Waals surface area contributed by atoms with E-state index in [1.165, 1.54) is 0 Å². The van der Waals surface area contributed by atoms with Gasteiger partial charge in [0, 0.05) is 6.20 Å². The number of aryl methyl sites for hydroxylation is 2. The Morgan fingerprint density at radius 3 is 2.38 bits per heavy atom. The zero-order chi connectivity index (χ0) is 15.5. The maximum Gasteiger partial charge on any atom is 0.241 e. The monoisotopic (exact) mass is 306 g/mol. The van der Waals surface area contributed by atoms with Crippen molar-refractivity contribution in [2.45, 2.75) is 25.3 Å². The molecule has 1 aromatic heterocycles. The van der Waals surface area contributed by atoms with Crippen molar-refractivity contribution in [3.63, 3.8) is 0 Å². The van der Waals surface area contributed by atoms with Crippen LogP contribution < -0.4 is 9.46 Å². The molecule has 0 unspecified atom stereocenters. The van der Waals surface area contributed by atoms with Crippen molar-refractivity contribution in [2.24, 2.45) is 0 Å². The summed E-state index contributed by atoms with van der Waals surface area (Å²) in [5.41, 5.74) is 1.98. The highest BCUT2D eigenvalue weighted by Crippen LogP contribution is 2.25. The molecule has 0 radical (unpaired) electrons. The third-order valence-electron chi connectivity index (χ3n) is 3.11. The number of pyridine rings is 1. The van der Waals surface area contributed by atoms with E-state index in [-0.39, 0.29) is 6.54 Å². The van der Waals surface area contributed by atoms with E-state index in [0.717, 1.165) is 0 Å². The number of nitrogens with zero attached hydrogens (tertiary/aromatic N) is 1. The van der Waals surface area contributed by atoms with Crippen LogP contribution in [0.3, 0.4) is 0 Å². The summed E-state index contributed by atoms with van der Waals surface area (Å²) in [6.45, 7) is 3.67. The van der Waals surface area contributed by atoms with E-state index < -0.39 is 10.0 Å². The van der Waals surface area contributed by atoms with Crippen LogP contribution in [0.25, 0.3) is 0 Å². The van der Waals surface area contributed by atoms with Crippen molar-refractivity contribution in [3.8, 4) is 5.75 Å². The van der Waals surface area contributed by atoms with Gasteiger partial charge in [0.25, 0.3) is 0 Å². The summed E-state index contributed by atoms with van der Waals surface area (Å²) in [4.78, 5) is 4.39. The van der Waals surface area contributed by atoms with E-state index in [9.17, 15) is 8.42 Å². The molecule has 21 heavy (non-hydrogen) atoms. The summed E-state index contributed by atoms with van der Waals surface area (Å²) in [6, 6.07) is 8.80. The third-order valence-corrected chi connectivity index (χ3v) is 4.81. The molecule has 0 aliphatic carbocycles. The number of ether oxygens (including phenoxy) is 1. The highest BCUT2D eigenvalue weighted by molar-refractivity contribution is 7.89. The maximum atomic E-state index is 12.5. The van der Waals surface area contributed by atoms with Gasteiger partial charge in [0.1, 0.15) is 5.75 Å².